The third-order valence-electron chi connectivity index (χ3n) is 4.37. The van der Waals surface area contributed by atoms with Crippen molar-refractivity contribution >= 4 is 23.2 Å². The van der Waals surface area contributed by atoms with E-state index in [4.69, 9.17) is 23.2 Å². The molecule has 0 aliphatic heterocycles. The molecule has 1 aromatic heterocycles. The third-order valence-corrected chi connectivity index (χ3v) is 5.05. The molecule has 0 fully saturated rings. The predicted octanol–water partition coefficient (Wildman–Crippen LogP) is 6.48. The van der Waals surface area contributed by atoms with Gasteiger partial charge in [0.15, 0.2) is 0 Å². The largest absolute Gasteiger partial charge is 0.306 e. The van der Waals surface area contributed by atoms with Crippen LogP contribution in [0.5, 0.6) is 0 Å². The minimum Gasteiger partial charge on any atom is -0.306 e. The first-order valence-electron chi connectivity index (χ1n) is 8.48. The highest BCUT2D eigenvalue weighted by molar-refractivity contribution is 6.34. The zero-order valence-electron chi connectivity index (χ0n) is 14.3. The van der Waals surface area contributed by atoms with Gasteiger partial charge < -0.3 is 4.57 Å². The Morgan fingerprint density at radius 1 is 0.667 bits per heavy atom. The van der Waals surface area contributed by atoms with Gasteiger partial charge in [0.25, 0.3) is 0 Å². The molecule has 0 saturated heterocycles. The summed E-state index contributed by atoms with van der Waals surface area (Å²) >= 11 is 13.0. The lowest BCUT2D eigenvalue weighted by Gasteiger charge is -2.21. The van der Waals surface area contributed by atoms with Gasteiger partial charge in [0.05, 0.1) is 22.1 Å². The van der Waals surface area contributed by atoms with Gasteiger partial charge in [0.1, 0.15) is 5.02 Å². The molecular formula is C23H15Cl2NO. The summed E-state index contributed by atoms with van der Waals surface area (Å²) in [4.78, 5) is 12.7. The molecule has 0 aliphatic rings. The first-order chi connectivity index (χ1) is 13.2. The van der Waals surface area contributed by atoms with E-state index in [1.807, 2.05) is 89.5 Å². The van der Waals surface area contributed by atoms with Crippen LogP contribution in [-0.4, -0.2) is 4.57 Å². The average Bonchev–Trinajstić information content (AvgIpc) is 2.71. The van der Waals surface area contributed by atoms with Gasteiger partial charge in [-0.3, -0.25) is 4.79 Å². The van der Waals surface area contributed by atoms with Crippen LogP contribution in [0.15, 0.2) is 95.8 Å². The maximum atomic E-state index is 12.7. The highest BCUT2D eigenvalue weighted by Gasteiger charge is 2.19. The van der Waals surface area contributed by atoms with Crippen molar-refractivity contribution in [2.75, 3.05) is 0 Å². The first-order valence-corrected chi connectivity index (χ1v) is 9.23. The predicted molar refractivity (Wildman–Crippen MR) is 113 cm³/mol. The summed E-state index contributed by atoms with van der Waals surface area (Å²) in [5, 5.41) is 0.743. The smallest absolute Gasteiger partial charge is 0.201 e. The van der Waals surface area contributed by atoms with E-state index in [1.165, 1.54) is 0 Å². The summed E-state index contributed by atoms with van der Waals surface area (Å²) in [5.41, 5.74) is 3.64. The van der Waals surface area contributed by atoms with Gasteiger partial charge in [-0.25, -0.2) is 0 Å². The number of nitrogens with zero attached hydrogens (tertiary/aromatic N) is 1. The van der Waals surface area contributed by atoms with Crippen molar-refractivity contribution in [1.82, 2.24) is 4.57 Å². The summed E-state index contributed by atoms with van der Waals surface area (Å²) in [6.45, 7) is 0. The lowest BCUT2D eigenvalue weighted by Crippen LogP contribution is -2.13. The normalized spacial score (nSPS) is 10.7. The quantitative estimate of drug-likeness (QED) is 0.391. The molecule has 0 unspecified atom stereocenters. The van der Waals surface area contributed by atoms with Crippen LogP contribution in [0.25, 0.3) is 28.2 Å². The SMILES string of the molecule is O=c1cc(-c2ccccc2)n(-c2ccccc2Cl)c(-c2ccccc2)c1Cl. The van der Waals surface area contributed by atoms with E-state index in [9.17, 15) is 4.79 Å². The fourth-order valence-corrected chi connectivity index (χ4v) is 3.61. The van der Waals surface area contributed by atoms with E-state index in [-0.39, 0.29) is 10.5 Å². The highest BCUT2D eigenvalue weighted by atomic mass is 35.5. The van der Waals surface area contributed by atoms with Gasteiger partial charge in [-0.2, -0.15) is 0 Å². The number of halogens is 2. The maximum absolute atomic E-state index is 12.7. The standard InChI is InChI=1S/C23H15Cl2NO/c24-18-13-7-8-14-19(18)26-20(16-9-3-1-4-10-16)15-21(27)22(25)23(26)17-11-5-2-6-12-17/h1-15H. The first kappa shape index (κ1) is 17.6. The molecule has 0 spiro atoms. The van der Waals surface area contributed by atoms with Crippen LogP contribution in [0.2, 0.25) is 10.0 Å². The lowest BCUT2D eigenvalue weighted by molar-refractivity contribution is 1.06. The monoisotopic (exact) mass is 391 g/mol. The van der Waals surface area contributed by atoms with Gasteiger partial charge in [0.2, 0.25) is 5.43 Å². The number of rotatable bonds is 3. The van der Waals surface area contributed by atoms with Crippen LogP contribution in [0, 0.1) is 0 Å². The Bertz CT molecular complexity index is 1150. The number of hydrogen-bond acceptors (Lipinski definition) is 1. The molecule has 1 heterocycles. The Hall–Kier alpha value is -2.81. The van der Waals surface area contributed by atoms with Crippen LogP contribution in [0.3, 0.4) is 0 Å². The fraction of sp³-hybridized carbons (Fsp3) is 0. The Labute approximate surface area is 167 Å². The minimum atomic E-state index is -0.224. The molecule has 2 nitrogen and oxygen atoms in total. The van der Waals surface area contributed by atoms with Crippen LogP contribution in [0.1, 0.15) is 0 Å². The van der Waals surface area contributed by atoms with Gasteiger partial charge in [0, 0.05) is 11.6 Å². The summed E-state index contributed by atoms with van der Waals surface area (Å²) in [6, 6.07) is 28.5. The minimum absolute atomic E-state index is 0.167. The molecule has 0 saturated carbocycles. The third kappa shape index (κ3) is 3.30. The topological polar surface area (TPSA) is 22.0 Å². The second-order valence-electron chi connectivity index (χ2n) is 6.08. The van der Waals surface area contributed by atoms with E-state index >= 15 is 0 Å². The van der Waals surface area contributed by atoms with Crippen LogP contribution < -0.4 is 5.43 Å². The molecule has 0 N–H and O–H groups in total. The van der Waals surface area contributed by atoms with E-state index in [2.05, 4.69) is 0 Å². The van der Waals surface area contributed by atoms with E-state index in [0.29, 0.717) is 10.7 Å². The van der Waals surface area contributed by atoms with Gasteiger partial charge in [-0.1, -0.05) is 96.0 Å². The zero-order valence-corrected chi connectivity index (χ0v) is 15.8. The van der Waals surface area contributed by atoms with Crippen molar-refractivity contribution < 1.29 is 0 Å². The molecule has 4 rings (SSSR count). The summed E-state index contributed by atoms with van der Waals surface area (Å²) < 4.78 is 1.96. The van der Waals surface area contributed by atoms with Gasteiger partial charge in [-0.15, -0.1) is 0 Å². The molecule has 0 bridgehead atoms. The molecule has 4 heteroatoms. The number of hydrogen-bond donors (Lipinski definition) is 0. The molecule has 0 amide bonds. The molecular weight excluding hydrogens is 377 g/mol. The molecule has 0 atom stereocenters. The van der Waals surface area contributed by atoms with Crippen molar-refractivity contribution in [2.24, 2.45) is 0 Å². The second-order valence-corrected chi connectivity index (χ2v) is 6.86. The van der Waals surface area contributed by atoms with Crippen LogP contribution >= 0.6 is 23.2 Å². The summed E-state index contributed by atoms with van der Waals surface area (Å²) in [7, 11) is 0. The van der Waals surface area contributed by atoms with E-state index < -0.39 is 0 Å². The molecule has 27 heavy (non-hydrogen) atoms. The van der Waals surface area contributed by atoms with E-state index in [1.54, 1.807) is 6.07 Å². The molecule has 0 aliphatic carbocycles. The number of pyridine rings is 1. The lowest BCUT2D eigenvalue weighted by atomic mass is 10.1. The molecule has 4 aromatic rings. The Kier molecular flexibility index (Phi) is 4.85. The Morgan fingerprint density at radius 2 is 1.22 bits per heavy atom. The molecule has 132 valence electrons. The number of para-hydroxylation sites is 1. The number of aromatic nitrogens is 1. The van der Waals surface area contributed by atoms with Gasteiger partial charge >= 0.3 is 0 Å². The second kappa shape index (κ2) is 7.43. The zero-order chi connectivity index (χ0) is 18.8. The van der Waals surface area contributed by atoms with Crippen LogP contribution in [0.4, 0.5) is 0 Å². The summed E-state index contributed by atoms with van der Waals surface area (Å²) in [6.07, 6.45) is 0. The Balaban J connectivity index is 2.17. The summed E-state index contributed by atoms with van der Waals surface area (Å²) in [5.74, 6) is 0. The fourth-order valence-electron chi connectivity index (χ4n) is 3.14. The average molecular weight is 392 g/mol. The van der Waals surface area contributed by atoms with Gasteiger partial charge in [-0.05, 0) is 17.7 Å². The van der Waals surface area contributed by atoms with Crippen molar-refractivity contribution in [3.05, 3.63) is 111 Å². The molecule has 3 aromatic carbocycles. The van der Waals surface area contributed by atoms with Crippen molar-refractivity contribution in [3.63, 3.8) is 0 Å². The molecule has 0 radical (unpaired) electrons. The highest BCUT2D eigenvalue weighted by Crippen LogP contribution is 2.35. The maximum Gasteiger partial charge on any atom is 0.201 e. The number of benzene rings is 3. The Morgan fingerprint density at radius 3 is 1.85 bits per heavy atom. The van der Waals surface area contributed by atoms with Crippen LogP contribution in [-0.2, 0) is 0 Å². The van der Waals surface area contributed by atoms with Crippen molar-refractivity contribution in [2.45, 2.75) is 0 Å². The van der Waals surface area contributed by atoms with Crippen molar-refractivity contribution in [1.29, 1.82) is 0 Å². The van der Waals surface area contributed by atoms with Crippen molar-refractivity contribution in [3.8, 4) is 28.2 Å². The van der Waals surface area contributed by atoms with E-state index in [0.717, 1.165) is 22.5 Å².